The van der Waals surface area contributed by atoms with Crippen LogP contribution in [0.15, 0.2) is 12.2 Å². The van der Waals surface area contributed by atoms with E-state index >= 15 is 0 Å². The maximum atomic E-state index is 11.8. The Morgan fingerprint density at radius 3 is 2.06 bits per heavy atom. The lowest BCUT2D eigenvalue weighted by molar-refractivity contribution is -0.153. The van der Waals surface area contributed by atoms with E-state index in [1.165, 1.54) is 64.2 Å². The van der Waals surface area contributed by atoms with Gasteiger partial charge in [0.2, 0.25) is 0 Å². The highest BCUT2D eigenvalue weighted by molar-refractivity contribution is 7.47. The summed E-state index contributed by atoms with van der Waals surface area (Å²) in [6, 6.07) is 0. The molecule has 0 spiro atoms. The van der Waals surface area contributed by atoms with Gasteiger partial charge in [-0.1, -0.05) is 83.3 Å². The lowest BCUT2D eigenvalue weighted by Crippen LogP contribution is -2.27. The third-order valence-corrected chi connectivity index (χ3v) is 5.94. The number of unbranched alkanes of at least 4 members (excludes halogenated alkanes) is 11. The third kappa shape index (κ3) is 21.1. The van der Waals surface area contributed by atoms with Crippen LogP contribution in [0.3, 0.4) is 0 Å². The maximum Gasteiger partial charge on any atom is 0.472 e. The van der Waals surface area contributed by atoms with Crippen molar-refractivity contribution < 1.29 is 33.1 Å². The fourth-order valence-corrected chi connectivity index (χ4v) is 3.88. The first kappa shape index (κ1) is 31.2. The van der Waals surface area contributed by atoms with Crippen LogP contribution in [-0.4, -0.2) is 48.4 Å². The van der Waals surface area contributed by atoms with Crippen LogP contribution in [0.1, 0.15) is 96.8 Å². The topological polar surface area (TPSA) is 128 Å². The summed E-state index contributed by atoms with van der Waals surface area (Å²) in [6.07, 6.45) is 19.3. The van der Waals surface area contributed by atoms with Crippen molar-refractivity contribution in [1.82, 2.24) is 0 Å². The molecule has 0 amide bonds. The van der Waals surface area contributed by atoms with Crippen molar-refractivity contribution in [3.63, 3.8) is 0 Å². The molecule has 190 valence electrons. The van der Waals surface area contributed by atoms with E-state index in [2.05, 4.69) is 17.5 Å². The van der Waals surface area contributed by atoms with Crippen molar-refractivity contribution in [3.8, 4) is 0 Å². The van der Waals surface area contributed by atoms with E-state index in [1.807, 2.05) is 6.08 Å². The standard InChI is InChI=1S/C23H46NO7P/c1-2-3-4-5-6-7-8-9-10-11-12-13-14-15-16-17-23(26)31-22(20-25)21-30-32(27,28)29-19-18-24/h14-15,22,25H,2-13,16-21,24H2,1H3,(H,27,28)/b15-14-. The Morgan fingerprint density at radius 1 is 0.938 bits per heavy atom. The largest absolute Gasteiger partial charge is 0.472 e. The summed E-state index contributed by atoms with van der Waals surface area (Å²) in [5.74, 6) is -0.498. The average Bonchev–Trinajstić information content (AvgIpc) is 2.77. The second-order valence-electron chi connectivity index (χ2n) is 8.01. The quantitative estimate of drug-likeness (QED) is 0.0806. The van der Waals surface area contributed by atoms with E-state index in [-0.39, 0.29) is 19.6 Å². The molecule has 2 atom stereocenters. The van der Waals surface area contributed by atoms with Gasteiger partial charge in [-0.3, -0.25) is 13.8 Å². The van der Waals surface area contributed by atoms with Gasteiger partial charge in [-0.25, -0.2) is 4.57 Å². The number of rotatable bonds is 23. The number of nitrogens with two attached hydrogens (primary N) is 1. The first-order valence-electron chi connectivity index (χ1n) is 12.2. The number of esters is 1. The highest BCUT2D eigenvalue weighted by atomic mass is 31.2. The van der Waals surface area contributed by atoms with Crippen molar-refractivity contribution in [2.24, 2.45) is 5.73 Å². The number of carbonyl (C=O) groups is 1. The van der Waals surface area contributed by atoms with E-state index in [0.29, 0.717) is 6.42 Å². The Hall–Kier alpha value is -0.760. The van der Waals surface area contributed by atoms with Crippen LogP contribution >= 0.6 is 7.82 Å². The molecule has 0 aromatic heterocycles. The molecule has 0 aromatic rings. The smallest absolute Gasteiger partial charge is 0.457 e. The summed E-state index contributed by atoms with van der Waals surface area (Å²) in [7, 11) is -4.27. The first-order chi connectivity index (χ1) is 15.4. The number of phosphoric acid groups is 1. The Labute approximate surface area is 194 Å². The molecule has 4 N–H and O–H groups in total. The zero-order valence-corrected chi connectivity index (χ0v) is 20.8. The van der Waals surface area contributed by atoms with Gasteiger partial charge >= 0.3 is 13.8 Å². The number of hydrogen-bond donors (Lipinski definition) is 3. The van der Waals surface area contributed by atoms with E-state index in [4.69, 9.17) is 15.0 Å². The molecule has 0 aliphatic rings. The highest BCUT2D eigenvalue weighted by Crippen LogP contribution is 2.42. The summed E-state index contributed by atoms with van der Waals surface area (Å²) >= 11 is 0. The van der Waals surface area contributed by atoms with Gasteiger partial charge < -0.3 is 20.5 Å². The average molecular weight is 480 g/mol. The first-order valence-corrected chi connectivity index (χ1v) is 13.7. The second-order valence-corrected chi connectivity index (χ2v) is 9.47. The number of hydrogen-bond acceptors (Lipinski definition) is 7. The van der Waals surface area contributed by atoms with Crippen LogP contribution in [0.5, 0.6) is 0 Å². The molecule has 0 aromatic carbocycles. The minimum atomic E-state index is -4.27. The van der Waals surface area contributed by atoms with Crippen molar-refractivity contribution in [2.45, 2.75) is 103 Å². The summed E-state index contributed by atoms with van der Waals surface area (Å²) < 4.78 is 25.9. The predicted molar refractivity (Wildman–Crippen MR) is 127 cm³/mol. The number of aliphatic hydroxyl groups excluding tert-OH is 1. The third-order valence-electron chi connectivity index (χ3n) is 4.95. The monoisotopic (exact) mass is 479 g/mol. The molecule has 8 nitrogen and oxygen atoms in total. The molecule has 9 heteroatoms. The molecule has 0 fully saturated rings. The summed E-state index contributed by atoms with van der Waals surface area (Å²) in [5.41, 5.74) is 5.19. The number of allylic oxidation sites excluding steroid dienone is 2. The zero-order chi connectivity index (χ0) is 23.9. The van der Waals surface area contributed by atoms with Gasteiger partial charge in [-0.2, -0.15) is 0 Å². The minimum Gasteiger partial charge on any atom is -0.457 e. The van der Waals surface area contributed by atoms with Gasteiger partial charge in [0.1, 0.15) is 6.10 Å². The van der Waals surface area contributed by atoms with E-state index in [1.54, 1.807) is 0 Å². The molecule has 32 heavy (non-hydrogen) atoms. The molecule has 0 radical (unpaired) electrons. The number of aliphatic hydroxyl groups is 1. The van der Waals surface area contributed by atoms with Crippen LogP contribution in [-0.2, 0) is 23.1 Å². The Morgan fingerprint density at radius 2 is 1.50 bits per heavy atom. The predicted octanol–water partition coefficient (Wildman–Crippen LogP) is 5.02. The van der Waals surface area contributed by atoms with Crippen LogP contribution in [0, 0.1) is 0 Å². The summed E-state index contributed by atoms with van der Waals surface area (Å²) in [5, 5.41) is 9.25. The molecule has 0 aliphatic carbocycles. The molecule has 0 rings (SSSR count). The van der Waals surface area contributed by atoms with Crippen LogP contribution in [0.2, 0.25) is 0 Å². The maximum absolute atomic E-state index is 11.8. The Balaban J connectivity index is 3.66. The van der Waals surface area contributed by atoms with Crippen molar-refractivity contribution in [2.75, 3.05) is 26.4 Å². The molecule has 0 saturated heterocycles. The zero-order valence-electron chi connectivity index (χ0n) is 19.9. The number of ether oxygens (including phenoxy) is 1. The normalized spacial score (nSPS) is 14.5. The van der Waals surface area contributed by atoms with Crippen molar-refractivity contribution >= 4 is 13.8 Å². The van der Waals surface area contributed by atoms with Gasteiger partial charge in [-0.15, -0.1) is 0 Å². The molecule has 0 saturated carbocycles. The van der Waals surface area contributed by atoms with Gasteiger partial charge in [-0.05, 0) is 19.3 Å². The minimum absolute atomic E-state index is 0.0685. The fourth-order valence-electron chi connectivity index (χ4n) is 3.11. The highest BCUT2D eigenvalue weighted by Gasteiger charge is 2.24. The summed E-state index contributed by atoms with van der Waals surface area (Å²) in [4.78, 5) is 21.2. The van der Waals surface area contributed by atoms with Gasteiger partial charge in [0.25, 0.3) is 0 Å². The number of carbonyl (C=O) groups excluding carboxylic acids is 1. The van der Waals surface area contributed by atoms with Crippen LogP contribution in [0.4, 0.5) is 0 Å². The van der Waals surface area contributed by atoms with Gasteiger partial charge in [0.05, 0.1) is 19.8 Å². The summed E-state index contributed by atoms with van der Waals surface area (Å²) in [6.45, 7) is 1.23. The lowest BCUT2D eigenvalue weighted by Gasteiger charge is -2.17. The van der Waals surface area contributed by atoms with E-state index in [0.717, 1.165) is 12.8 Å². The molecule has 0 aliphatic heterocycles. The molecule has 0 heterocycles. The Bertz CT molecular complexity index is 517. The fraction of sp³-hybridized carbons (Fsp3) is 0.870. The van der Waals surface area contributed by atoms with Crippen molar-refractivity contribution in [3.05, 3.63) is 12.2 Å². The molecular weight excluding hydrogens is 433 g/mol. The number of phosphoric ester groups is 1. The van der Waals surface area contributed by atoms with Gasteiger partial charge in [0.15, 0.2) is 0 Å². The van der Waals surface area contributed by atoms with E-state index < -0.39 is 33.1 Å². The second kappa shape index (κ2) is 22.1. The van der Waals surface area contributed by atoms with Crippen LogP contribution in [0.25, 0.3) is 0 Å². The molecule has 2 unspecified atom stereocenters. The molecular formula is C23H46NO7P. The van der Waals surface area contributed by atoms with Crippen molar-refractivity contribution in [1.29, 1.82) is 0 Å². The van der Waals surface area contributed by atoms with Gasteiger partial charge in [0, 0.05) is 13.0 Å². The lowest BCUT2D eigenvalue weighted by atomic mass is 10.1. The molecule has 0 bridgehead atoms. The SMILES string of the molecule is CCCCCCCCCCCCC/C=C\CCC(=O)OC(CO)COP(=O)(O)OCCN. The Kier molecular flexibility index (Phi) is 21.5. The van der Waals surface area contributed by atoms with E-state index in [9.17, 15) is 19.4 Å². The van der Waals surface area contributed by atoms with Crippen LogP contribution < -0.4 is 5.73 Å².